The van der Waals surface area contributed by atoms with Gasteiger partial charge in [0.15, 0.2) is 0 Å². The quantitative estimate of drug-likeness (QED) is 0.632. The topological polar surface area (TPSA) is 65.5 Å². The number of carbonyl (C=O) groups is 1. The number of rotatable bonds is 4. The summed E-state index contributed by atoms with van der Waals surface area (Å²) in [5.74, 6) is 0.422. The molecule has 0 radical (unpaired) electrons. The number of pyridine rings is 1. The summed E-state index contributed by atoms with van der Waals surface area (Å²) in [6.07, 6.45) is 5.67. The Labute approximate surface area is 186 Å². The highest BCUT2D eigenvalue weighted by molar-refractivity contribution is 5.97. The Morgan fingerprint density at radius 3 is 2.47 bits per heavy atom. The van der Waals surface area contributed by atoms with Crippen molar-refractivity contribution in [2.24, 2.45) is 0 Å². The molecule has 2 aromatic heterocycles. The van der Waals surface area contributed by atoms with Gasteiger partial charge in [-0.2, -0.15) is 0 Å². The molecule has 2 aliphatic heterocycles. The fourth-order valence-corrected chi connectivity index (χ4v) is 4.60. The lowest BCUT2D eigenvalue weighted by molar-refractivity contribution is -0.117. The van der Waals surface area contributed by atoms with Crippen LogP contribution < -0.4 is 9.80 Å². The molecule has 1 aromatic carbocycles. The van der Waals surface area contributed by atoms with Gasteiger partial charge in [-0.05, 0) is 42.8 Å². The second kappa shape index (κ2) is 8.63. The van der Waals surface area contributed by atoms with Crippen LogP contribution in [0.4, 0.5) is 16.0 Å². The molecule has 7 nitrogen and oxygen atoms in total. The molecule has 0 N–H and O–H groups in total. The molecule has 2 fully saturated rings. The van der Waals surface area contributed by atoms with Gasteiger partial charge in [0, 0.05) is 80.7 Å². The third-order valence-corrected chi connectivity index (χ3v) is 6.28. The summed E-state index contributed by atoms with van der Waals surface area (Å²) in [7, 11) is 0. The van der Waals surface area contributed by atoms with E-state index in [2.05, 4.69) is 24.8 Å². The Morgan fingerprint density at radius 2 is 1.72 bits per heavy atom. The molecule has 2 aliphatic rings. The van der Waals surface area contributed by atoms with Gasteiger partial charge in [-0.25, -0.2) is 14.4 Å². The van der Waals surface area contributed by atoms with Gasteiger partial charge in [-0.3, -0.25) is 14.7 Å². The summed E-state index contributed by atoms with van der Waals surface area (Å²) in [5, 5.41) is 0. The normalized spacial score (nSPS) is 19.6. The van der Waals surface area contributed by atoms with E-state index in [1.54, 1.807) is 23.5 Å². The van der Waals surface area contributed by atoms with E-state index in [0.717, 1.165) is 48.9 Å². The maximum Gasteiger partial charge on any atom is 0.228 e. The van der Waals surface area contributed by atoms with Crippen LogP contribution in [0.3, 0.4) is 0 Å². The van der Waals surface area contributed by atoms with Crippen molar-refractivity contribution in [3.63, 3.8) is 0 Å². The first kappa shape index (κ1) is 20.5. The van der Waals surface area contributed by atoms with Crippen molar-refractivity contribution in [1.82, 2.24) is 19.9 Å². The van der Waals surface area contributed by atoms with Gasteiger partial charge in [0.1, 0.15) is 5.82 Å². The number of amides is 1. The molecule has 3 aromatic rings. The highest BCUT2D eigenvalue weighted by Gasteiger charge is 2.36. The molecule has 0 unspecified atom stereocenters. The highest BCUT2D eigenvalue weighted by Crippen LogP contribution is 2.31. The summed E-state index contributed by atoms with van der Waals surface area (Å²) in [5.41, 5.74) is 3.04. The van der Waals surface area contributed by atoms with E-state index in [1.807, 2.05) is 31.2 Å². The minimum atomic E-state index is -0.353. The number of nitrogens with zero attached hydrogens (tertiary/aromatic N) is 6. The molecule has 32 heavy (non-hydrogen) atoms. The second-order valence-corrected chi connectivity index (χ2v) is 8.27. The van der Waals surface area contributed by atoms with Crippen LogP contribution in [-0.2, 0) is 4.79 Å². The molecule has 0 spiro atoms. The molecule has 2 saturated heterocycles. The fraction of sp³-hybridized carbons (Fsp3) is 0.333. The number of benzene rings is 1. The number of hydrogen-bond acceptors (Lipinski definition) is 6. The van der Waals surface area contributed by atoms with Crippen molar-refractivity contribution in [3.05, 3.63) is 66.5 Å². The molecular formula is C24H25FN6O. The number of aryl methyl sites for hydroxylation is 1. The van der Waals surface area contributed by atoms with Gasteiger partial charge in [0.25, 0.3) is 0 Å². The van der Waals surface area contributed by atoms with Crippen molar-refractivity contribution >= 4 is 17.5 Å². The zero-order chi connectivity index (χ0) is 22.1. The summed E-state index contributed by atoms with van der Waals surface area (Å²) >= 11 is 0. The molecule has 0 saturated carbocycles. The van der Waals surface area contributed by atoms with Gasteiger partial charge in [-0.1, -0.05) is 6.07 Å². The molecule has 164 valence electrons. The maximum absolute atomic E-state index is 14.5. The smallest absolute Gasteiger partial charge is 0.228 e. The van der Waals surface area contributed by atoms with Crippen molar-refractivity contribution < 1.29 is 9.18 Å². The Bertz CT molecular complexity index is 1120. The third-order valence-electron chi connectivity index (χ3n) is 6.28. The molecule has 1 amide bonds. The zero-order valence-corrected chi connectivity index (χ0v) is 18.0. The van der Waals surface area contributed by atoms with E-state index in [0.29, 0.717) is 18.7 Å². The van der Waals surface area contributed by atoms with E-state index < -0.39 is 0 Å². The predicted molar refractivity (Wildman–Crippen MR) is 121 cm³/mol. The van der Waals surface area contributed by atoms with E-state index in [1.165, 1.54) is 12.1 Å². The predicted octanol–water partition coefficient (Wildman–Crippen LogP) is 2.91. The number of hydrogen-bond donors (Lipinski definition) is 0. The maximum atomic E-state index is 14.5. The number of piperazine rings is 1. The third kappa shape index (κ3) is 4.05. The van der Waals surface area contributed by atoms with Crippen LogP contribution in [0, 0.1) is 12.7 Å². The number of aromatic nitrogens is 3. The van der Waals surface area contributed by atoms with E-state index in [4.69, 9.17) is 0 Å². The Balaban J connectivity index is 1.30. The van der Waals surface area contributed by atoms with Crippen molar-refractivity contribution in [3.8, 4) is 11.1 Å². The Morgan fingerprint density at radius 1 is 0.969 bits per heavy atom. The van der Waals surface area contributed by atoms with Crippen LogP contribution in [0.15, 0.2) is 55.0 Å². The molecule has 8 heteroatoms. The van der Waals surface area contributed by atoms with Gasteiger partial charge in [-0.15, -0.1) is 0 Å². The van der Waals surface area contributed by atoms with Crippen molar-refractivity contribution in [2.45, 2.75) is 19.4 Å². The lowest BCUT2D eigenvalue weighted by Gasteiger charge is -2.37. The molecule has 0 aliphatic carbocycles. The SMILES string of the molecule is Cc1ncccc1-c1cc(F)cc(N2C[C@H](N3CCN(c4ncccn4)CC3)CC2=O)c1. The number of carbonyl (C=O) groups excluding carboxylic acids is 1. The van der Waals surface area contributed by atoms with Crippen molar-refractivity contribution in [2.75, 3.05) is 42.5 Å². The van der Waals surface area contributed by atoms with Crippen LogP contribution in [0.5, 0.6) is 0 Å². The minimum Gasteiger partial charge on any atom is -0.338 e. The van der Waals surface area contributed by atoms with Gasteiger partial charge >= 0.3 is 0 Å². The summed E-state index contributed by atoms with van der Waals surface area (Å²) < 4.78 is 14.5. The number of halogens is 1. The summed E-state index contributed by atoms with van der Waals surface area (Å²) in [6.45, 7) is 5.78. The van der Waals surface area contributed by atoms with Gasteiger partial charge in [0.2, 0.25) is 11.9 Å². The first-order valence-corrected chi connectivity index (χ1v) is 10.9. The van der Waals surface area contributed by atoms with Gasteiger partial charge in [0.05, 0.1) is 0 Å². The van der Waals surface area contributed by atoms with Gasteiger partial charge < -0.3 is 9.80 Å². The number of anilines is 2. The second-order valence-electron chi connectivity index (χ2n) is 8.27. The average Bonchev–Trinajstić information content (AvgIpc) is 3.21. The molecule has 0 bridgehead atoms. The fourth-order valence-electron chi connectivity index (χ4n) is 4.60. The summed E-state index contributed by atoms with van der Waals surface area (Å²) in [6, 6.07) is 10.5. The minimum absolute atomic E-state index is 0.0308. The van der Waals surface area contributed by atoms with Crippen LogP contribution in [0.1, 0.15) is 12.1 Å². The lowest BCUT2D eigenvalue weighted by Crippen LogP contribution is -2.51. The average molecular weight is 433 g/mol. The first-order valence-electron chi connectivity index (χ1n) is 10.9. The van der Waals surface area contributed by atoms with Crippen LogP contribution in [0.25, 0.3) is 11.1 Å². The first-order chi connectivity index (χ1) is 15.6. The van der Waals surface area contributed by atoms with Crippen LogP contribution in [0.2, 0.25) is 0 Å². The lowest BCUT2D eigenvalue weighted by atomic mass is 10.0. The Hall–Kier alpha value is -3.39. The largest absolute Gasteiger partial charge is 0.338 e. The molecule has 1 atom stereocenters. The van der Waals surface area contributed by atoms with Crippen molar-refractivity contribution in [1.29, 1.82) is 0 Å². The molecular weight excluding hydrogens is 407 g/mol. The van der Waals surface area contributed by atoms with E-state index in [-0.39, 0.29) is 17.8 Å². The summed E-state index contributed by atoms with van der Waals surface area (Å²) in [4.78, 5) is 32.1. The molecule has 5 rings (SSSR count). The zero-order valence-electron chi connectivity index (χ0n) is 18.0. The Kier molecular flexibility index (Phi) is 5.53. The van der Waals surface area contributed by atoms with Crippen LogP contribution in [-0.4, -0.2) is 64.5 Å². The van der Waals surface area contributed by atoms with E-state index in [9.17, 15) is 9.18 Å². The molecule has 4 heterocycles. The van der Waals surface area contributed by atoms with E-state index >= 15 is 0 Å². The standard InChI is InChI=1S/C24H25FN6O/c1-17-22(4-2-5-26-17)18-12-19(25)14-20(13-18)31-16-21(15-23(31)32)29-8-10-30(11-9-29)24-27-6-3-7-28-24/h2-7,12-14,21H,8-11,15-16H2,1H3/t21-/m1/s1. The van der Waals surface area contributed by atoms with Crippen LogP contribution >= 0.6 is 0 Å². The highest BCUT2D eigenvalue weighted by atomic mass is 19.1. The monoisotopic (exact) mass is 432 g/mol.